The molecule has 1 saturated heterocycles. The van der Waals surface area contributed by atoms with E-state index < -0.39 is 0 Å². The Morgan fingerprint density at radius 2 is 2.00 bits per heavy atom. The van der Waals surface area contributed by atoms with E-state index in [4.69, 9.17) is 4.74 Å². The van der Waals surface area contributed by atoms with Crippen LogP contribution in [0.3, 0.4) is 0 Å². The molecule has 2 aliphatic rings. The summed E-state index contributed by atoms with van der Waals surface area (Å²) in [5.41, 5.74) is 0.268. The first-order valence-electron chi connectivity index (χ1n) is 6.66. The summed E-state index contributed by atoms with van der Waals surface area (Å²) in [7, 11) is 0. The topological polar surface area (TPSA) is 21.3 Å². The lowest BCUT2D eigenvalue weighted by Gasteiger charge is -2.32. The van der Waals surface area contributed by atoms with Gasteiger partial charge in [-0.1, -0.05) is 13.0 Å². The molecule has 1 unspecified atom stereocenters. The molecule has 0 radical (unpaired) electrons. The van der Waals surface area contributed by atoms with Gasteiger partial charge in [0.05, 0.1) is 0 Å². The Labute approximate surface area is 99.4 Å². The molecule has 1 aliphatic heterocycles. The van der Waals surface area contributed by atoms with Crippen molar-refractivity contribution in [2.75, 3.05) is 19.8 Å². The van der Waals surface area contributed by atoms with Crippen molar-refractivity contribution in [2.24, 2.45) is 11.3 Å². The van der Waals surface area contributed by atoms with E-state index in [-0.39, 0.29) is 5.41 Å². The van der Waals surface area contributed by atoms with Crippen LogP contribution in [0.2, 0.25) is 0 Å². The summed E-state index contributed by atoms with van der Waals surface area (Å²) >= 11 is 0. The van der Waals surface area contributed by atoms with E-state index in [1.165, 1.54) is 32.1 Å². The highest BCUT2D eigenvalue weighted by molar-refractivity contribution is 4.96. The summed E-state index contributed by atoms with van der Waals surface area (Å²) in [6.45, 7) is 9.36. The first kappa shape index (κ1) is 12.1. The van der Waals surface area contributed by atoms with Crippen LogP contribution in [0.25, 0.3) is 0 Å². The van der Waals surface area contributed by atoms with Crippen LogP contribution in [0.1, 0.15) is 39.0 Å². The van der Waals surface area contributed by atoms with E-state index >= 15 is 0 Å². The van der Waals surface area contributed by atoms with Gasteiger partial charge < -0.3 is 10.1 Å². The average Bonchev–Trinajstić information content (AvgIpc) is 3.12. The van der Waals surface area contributed by atoms with Crippen molar-refractivity contribution < 1.29 is 4.74 Å². The molecule has 0 aromatic carbocycles. The Hall–Kier alpha value is -0.340. The lowest BCUT2D eigenvalue weighted by molar-refractivity contribution is 0.0541. The minimum absolute atomic E-state index is 0.268. The van der Waals surface area contributed by atoms with Gasteiger partial charge in [-0.25, -0.2) is 0 Å². The SMILES string of the molecule is C=CC(C)(CNC1CC1)CC1CCOCC1. The Kier molecular flexibility index (Phi) is 4.04. The van der Waals surface area contributed by atoms with Gasteiger partial charge in [0.25, 0.3) is 0 Å². The second kappa shape index (κ2) is 5.33. The van der Waals surface area contributed by atoms with Crippen LogP contribution in [0.4, 0.5) is 0 Å². The predicted octanol–water partition coefficient (Wildman–Crippen LogP) is 2.75. The van der Waals surface area contributed by atoms with Gasteiger partial charge in [-0.3, -0.25) is 0 Å². The zero-order valence-electron chi connectivity index (χ0n) is 10.5. The summed E-state index contributed by atoms with van der Waals surface area (Å²) in [6.07, 6.45) is 8.60. The Morgan fingerprint density at radius 3 is 2.56 bits per heavy atom. The number of nitrogens with one attached hydrogen (secondary N) is 1. The molecule has 2 nitrogen and oxygen atoms in total. The van der Waals surface area contributed by atoms with Gasteiger partial charge in [0.2, 0.25) is 0 Å². The van der Waals surface area contributed by atoms with E-state index in [1.54, 1.807) is 0 Å². The normalized spacial score (nSPS) is 26.3. The molecule has 0 aromatic rings. The van der Waals surface area contributed by atoms with Crippen LogP contribution in [0.15, 0.2) is 12.7 Å². The maximum absolute atomic E-state index is 5.41. The predicted molar refractivity (Wildman–Crippen MR) is 67.5 cm³/mol. The standard InChI is InChI=1S/C14H25NO/c1-3-14(2,11-15-13-4-5-13)10-12-6-8-16-9-7-12/h3,12-13,15H,1,4-11H2,2H3. The zero-order chi connectivity index (χ0) is 11.4. The van der Waals surface area contributed by atoms with Crippen molar-refractivity contribution in [2.45, 2.75) is 45.1 Å². The third-order valence-electron chi connectivity index (χ3n) is 3.96. The van der Waals surface area contributed by atoms with Crippen LogP contribution in [-0.4, -0.2) is 25.8 Å². The Balaban J connectivity index is 1.78. The van der Waals surface area contributed by atoms with Crippen molar-refractivity contribution in [3.63, 3.8) is 0 Å². The van der Waals surface area contributed by atoms with Crippen molar-refractivity contribution in [3.05, 3.63) is 12.7 Å². The maximum atomic E-state index is 5.41. The molecule has 0 spiro atoms. The molecule has 0 aromatic heterocycles. The first-order chi connectivity index (χ1) is 7.72. The number of ether oxygens (including phenoxy) is 1. The fourth-order valence-electron chi connectivity index (χ4n) is 2.50. The molecule has 2 rings (SSSR count). The highest BCUT2D eigenvalue weighted by Gasteiger charge is 2.29. The maximum Gasteiger partial charge on any atom is 0.0468 e. The molecule has 0 amide bonds. The van der Waals surface area contributed by atoms with Crippen molar-refractivity contribution in [1.29, 1.82) is 0 Å². The minimum Gasteiger partial charge on any atom is -0.381 e. The van der Waals surface area contributed by atoms with Crippen LogP contribution in [0, 0.1) is 11.3 Å². The van der Waals surface area contributed by atoms with E-state index in [1.807, 2.05) is 0 Å². The van der Waals surface area contributed by atoms with Crippen molar-refractivity contribution in [1.82, 2.24) is 5.32 Å². The largest absolute Gasteiger partial charge is 0.381 e. The van der Waals surface area contributed by atoms with Gasteiger partial charge in [-0.15, -0.1) is 6.58 Å². The quantitative estimate of drug-likeness (QED) is 0.699. The van der Waals surface area contributed by atoms with E-state index in [9.17, 15) is 0 Å². The fraction of sp³-hybridized carbons (Fsp3) is 0.857. The Morgan fingerprint density at radius 1 is 1.31 bits per heavy atom. The summed E-state index contributed by atoms with van der Waals surface area (Å²) in [5.74, 6) is 0.831. The smallest absolute Gasteiger partial charge is 0.0468 e. The molecule has 2 heteroatoms. The summed E-state index contributed by atoms with van der Waals surface area (Å²) < 4.78 is 5.41. The molecule has 0 bridgehead atoms. The first-order valence-corrected chi connectivity index (χ1v) is 6.66. The molecule has 1 atom stereocenters. The molecular weight excluding hydrogens is 198 g/mol. The van der Waals surface area contributed by atoms with Crippen LogP contribution >= 0.6 is 0 Å². The van der Waals surface area contributed by atoms with Crippen LogP contribution < -0.4 is 5.32 Å². The fourth-order valence-corrected chi connectivity index (χ4v) is 2.50. The lowest BCUT2D eigenvalue weighted by atomic mass is 9.78. The van der Waals surface area contributed by atoms with E-state index in [2.05, 4.69) is 24.9 Å². The van der Waals surface area contributed by atoms with Gasteiger partial charge in [-0.05, 0) is 43.4 Å². The third-order valence-corrected chi connectivity index (χ3v) is 3.96. The molecular formula is C14H25NO. The highest BCUT2D eigenvalue weighted by Crippen LogP contribution is 2.32. The van der Waals surface area contributed by atoms with Gasteiger partial charge in [-0.2, -0.15) is 0 Å². The lowest BCUT2D eigenvalue weighted by Crippen LogP contribution is -2.34. The molecule has 1 aliphatic carbocycles. The van der Waals surface area contributed by atoms with Gasteiger partial charge >= 0.3 is 0 Å². The van der Waals surface area contributed by atoms with E-state index in [0.717, 1.165) is 31.7 Å². The second-order valence-electron chi connectivity index (χ2n) is 5.77. The minimum atomic E-state index is 0.268. The summed E-state index contributed by atoms with van der Waals surface area (Å²) in [4.78, 5) is 0. The molecule has 16 heavy (non-hydrogen) atoms. The molecule has 1 saturated carbocycles. The monoisotopic (exact) mass is 223 g/mol. The van der Waals surface area contributed by atoms with Crippen molar-refractivity contribution in [3.8, 4) is 0 Å². The van der Waals surface area contributed by atoms with Crippen LogP contribution in [-0.2, 0) is 4.74 Å². The average molecular weight is 223 g/mol. The zero-order valence-corrected chi connectivity index (χ0v) is 10.5. The molecule has 1 N–H and O–H groups in total. The second-order valence-corrected chi connectivity index (χ2v) is 5.77. The van der Waals surface area contributed by atoms with Crippen molar-refractivity contribution >= 4 is 0 Å². The number of rotatable bonds is 6. The number of hydrogen-bond donors (Lipinski definition) is 1. The molecule has 1 heterocycles. The third kappa shape index (κ3) is 3.60. The number of hydrogen-bond acceptors (Lipinski definition) is 2. The molecule has 92 valence electrons. The Bertz CT molecular complexity index is 231. The van der Waals surface area contributed by atoms with Crippen LogP contribution in [0.5, 0.6) is 0 Å². The highest BCUT2D eigenvalue weighted by atomic mass is 16.5. The van der Waals surface area contributed by atoms with Gasteiger partial charge in [0.1, 0.15) is 0 Å². The van der Waals surface area contributed by atoms with Gasteiger partial charge in [0, 0.05) is 25.8 Å². The van der Waals surface area contributed by atoms with E-state index in [0.29, 0.717) is 0 Å². The summed E-state index contributed by atoms with van der Waals surface area (Å²) in [6, 6.07) is 0.800. The molecule has 2 fully saturated rings. The summed E-state index contributed by atoms with van der Waals surface area (Å²) in [5, 5.41) is 3.64. The van der Waals surface area contributed by atoms with Gasteiger partial charge in [0.15, 0.2) is 0 Å².